The summed E-state index contributed by atoms with van der Waals surface area (Å²) in [7, 11) is 1.51. The van der Waals surface area contributed by atoms with E-state index in [0.29, 0.717) is 22.7 Å². The molecule has 10 heteroatoms. The van der Waals surface area contributed by atoms with Gasteiger partial charge in [0, 0.05) is 52.3 Å². The predicted molar refractivity (Wildman–Crippen MR) is 160 cm³/mol. The third-order valence-electron chi connectivity index (χ3n) is 7.64. The Balaban J connectivity index is 1.33. The van der Waals surface area contributed by atoms with E-state index in [1.807, 2.05) is 18.2 Å². The monoisotopic (exact) mass is 561 g/mol. The van der Waals surface area contributed by atoms with Crippen LogP contribution in [-0.2, 0) is 4.79 Å². The second-order valence-corrected chi connectivity index (χ2v) is 10.7. The highest BCUT2D eigenvalue weighted by Gasteiger charge is 2.29. The molecule has 1 amide bonds. The highest BCUT2D eigenvalue weighted by molar-refractivity contribution is 5.98. The standard InChI is InChI=1S/C32H28FN7O2/c1-42-24-8-19(6-22(33)10-24)27-15-36-16-29-25(27)11-28(38-29)31-26(30(39-40-31)17-2-3-17)9-20(12-34)21-7-23(14-35-13-21)37-32(41)18-4-5-18/h6-16,18,38-39H,2-5,34H2,1H3,(H,37,41)/b20-12+,26-9+. The van der Waals surface area contributed by atoms with Crippen LogP contribution in [0.1, 0.15) is 31.2 Å². The molecule has 2 saturated carbocycles. The molecule has 2 aliphatic rings. The van der Waals surface area contributed by atoms with Crippen LogP contribution < -0.4 is 26.4 Å². The van der Waals surface area contributed by atoms with Gasteiger partial charge in [-0.15, -0.1) is 0 Å². The number of nitrogens with two attached hydrogens (primary N) is 1. The van der Waals surface area contributed by atoms with Crippen molar-refractivity contribution in [3.05, 3.63) is 83.3 Å². The minimum atomic E-state index is -0.390. The molecule has 5 aromatic rings. The molecular weight excluding hydrogens is 533 g/mol. The highest BCUT2D eigenvalue weighted by Crippen LogP contribution is 2.34. The molecule has 0 saturated heterocycles. The lowest BCUT2D eigenvalue weighted by Crippen LogP contribution is -2.24. The first kappa shape index (κ1) is 25.7. The number of allylic oxidation sites excluding steroid dienone is 1. The van der Waals surface area contributed by atoms with E-state index in [1.54, 1.807) is 30.9 Å². The SMILES string of the molecule is COc1cc(F)cc(-c2cncc3[nH]c(-c4n[nH]c(=C5CC5)/c4=C\C(=C/N)c4cncc(NC(=O)C5CC5)c4)cc23)c1. The Bertz CT molecular complexity index is 2010. The minimum absolute atomic E-state index is 0.0186. The fraction of sp³-hybridized carbons (Fsp3) is 0.188. The molecule has 1 aromatic carbocycles. The van der Waals surface area contributed by atoms with E-state index in [9.17, 15) is 9.18 Å². The molecule has 0 unspecified atom stereocenters. The first-order valence-corrected chi connectivity index (χ1v) is 13.8. The molecule has 2 aliphatic carbocycles. The maximum atomic E-state index is 14.4. The van der Waals surface area contributed by atoms with Gasteiger partial charge in [0.1, 0.15) is 17.3 Å². The van der Waals surface area contributed by atoms with Gasteiger partial charge in [0.25, 0.3) is 0 Å². The van der Waals surface area contributed by atoms with Crippen molar-refractivity contribution >= 4 is 39.7 Å². The van der Waals surface area contributed by atoms with E-state index < -0.39 is 0 Å². The number of fused-ring (bicyclic) bond motifs is 1. The molecule has 4 heterocycles. The van der Waals surface area contributed by atoms with Gasteiger partial charge >= 0.3 is 0 Å². The molecule has 0 atom stereocenters. The van der Waals surface area contributed by atoms with Gasteiger partial charge in [0.2, 0.25) is 5.91 Å². The lowest BCUT2D eigenvalue weighted by molar-refractivity contribution is -0.117. The molecule has 0 spiro atoms. The van der Waals surface area contributed by atoms with Crippen molar-refractivity contribution in [2.45, 2.75) is 25.7 Å². The zero-order chi connectivity index (χ0) is 28.8. The number of pyridine rings is 2. The Morgan fingerprint density at radius 1 is 1.10 bits per heavy atom. The topological polar surface area (TPSA) is 135 Å². The van der Waals surface area contributed by atoms with Crippen LogP contribution >= 0.6 is 0 Å². The van der Waals surface area contributed by atoms with E-state index in [4.69, 9.17) is 15.6 Å². The van der Waals surface area contributed by atoms with Crippen LogP contribution in [0.2, 0.25) is 0 Å². The third kappa shape index (κ3) is 4.91. The van der Waals surface area contributed by atoms with E-state index in [2.05, 4.69) is 25.4 Å². The van der Waals surface area contributed by atoms with E-state index in [1.165, 1.54) is 31.0 Å². The van der Waals surface area contributed by atoms with Gasteiger partial charge in [-0.1, -0.05) is 0 Å². The number of hydrogen-bond donors (Lipinski definition) is 4. The quantitative estimate of drug-likeness (QED) is 0.235. The number of amides is 1. The normalized spacial score (nSPS) is 15.3. The Morgan fingerprint density at radius 2 is 1.93 bits per heavy atom. The fourth-order valence-electron chi connectivity index (χ4n) is 5.16. The summed E-state index contributed by atoms with van der Waals surface area (Å²) < 4.78 is 19.6. The third-order valence-corrected chi connectivity index (χ3v) is 7.64. The van der Waals surface area contributed by atoms with E-state index in [-0.39, 0.29) is 17.6 Å². The molecule has 0 radical (unpaired) electrons. The molecule has 210 valence electrons. The van der Waals surface area contributed by atoms with Crippen molar-refractivity contribution in [3.8, 4) is 28.3 Å². The average Bonchev–Trinajstić information content (AvgIpc) is 3.94. The summed E-state index contributed by atoms with van der Waals surface area (Å²) >= 11 is 0. The van der Waals surface area contributed by atoms with Crippen LogP contribution in [0.4, 0.5) is 10.1 Å². The summed E-state index contributed by atoms with van der Waals surface area (Å²) in [4.78, 5) is 24.5. The summed E-state index contributed by atoms with van der Waals surface area (Å²) in [6.07, 6.45) is 14.2. The van der Waals surface area contributed by atoms with E-state index >= 15 is 0 Å². The van der Waals surface area contributed by atoms with Crippen LogP contribution in [0, 0.1) is 11.7 Å². The summed E-state index contributed by atoms with van der Waals surface area (Å²) in [5.74, 6) is 0.149. The number of benzene rings is 1. The van der Waals surface area contributed by atoms with E-state index in [0.717, 1.165) is 69.5 Å². The number of anilines is 1. The summed E-state index contributed by atoms with van der Waals surface area (Å²) in [6.45, 7) is 0. The van der Waals surface area contributed by atoms with Crippen LogP contribution in [0.3, 0.4) is 0 Å². The Hall–Kier alpha value is -5.25. The van der Waals surface area contributed by atoms with Gasteiger partial charge in [-0.05, 0) is 72.7 Å². The predicted octanol–water partition coefficient (Wildman–Crippen LogP) is 4.24. The van der Waals surface area contributed by atoms with Crippen LogP contribution in [0.5, 0.6) is 5.75 Å². The number of nitrogens with one attached hydrogen (secondary N) is 3. The molecule has 42 heavy (non-hydrogen) atoms. The number of aromatic nitrogens is 5. The van der Waals surface area contributed by atoms with Gasteiger partial charge in [-0.3, -0.25) is 19.9 Å². The molecule has 0 aliphatic heterocycles. The largest absolute Gasteiger partial charge is 0.497 e. The zero-order valence-electron chi connectivity index (χ0n) is 22.9. The average molecular weight is 562 g/mol. The number of carbonyl (C=O) groups excluding carboxylic acids is 1. The number of hydrogen-bond acceptors (Lipinski definition) is 6. The molecule has 0 bridgehead atoms. The number of carbonyl (C=O) groups is 1. The molecule has 2 fully saturated rings. The van der Waals surface area contributed by atoms with Gasteiger partial charge < -0.3 is 20.8 Å². The second-order valence-electron chi connectivity index (χ2n) is 10.7. The summed E-state index contributed by atoms with van der Waals surface area (Å²) in [5, 5.41) is 13.6. The maximum Gasteiger partial charge on any atom is 0.227 e. The Labute approximate surface area is 240 Å². The minimum Gasteiger partial charge on any atom is -0.497 e. The molecule has 4 aromatic heterocycles. The number of methoxy groups -OCH3 is 1. The van der Waals surface area contributed by atoms with Gasteiger partial charge in [-0.25, -0.2) is 4.39 Å². The molecule has 9 nitrogen and oxygen atoms in total. The van der Waals surface area contributed by atoms with Crippen molar-refractivity contribution in [1.82, 2.24) is 25.1 Å². The number of halogens is 1. The van der Waals surface area contributed by atoms with Crippen molar-refractivity contribution in [1.29, 1.82) is 0 Å². The van der Waals surface area contributed by atoms with Crippen molar-refractivity contribution in [2.75, 3.05) is 12.4 Å². The summed E-state index contributed by atoms with van der Waals surface area (Å²) in [6, 6.07) is 8.47. The van der Waals surface area contributed by atoms with Crippen molar-refractivity contribution in [3.63, 3.8) is 0 Å². The number of ether oxygens (including phenoxy) is 1. The Kier molecular flexibility index (Phi) is 6.30. The van der Waals surface area contributed by atoms with Crippen LogP contribution in [0.15, 0.2) is 61.3 Å². The maximum absolute atomic E-state index is 14.4. The molecule has 5 N–H and O–H groups in total. The zero-order valence-corrected chi connectivity index (χ0v) is 22.9. The van der Waals surface area contributed by atoms with Crippen LogP contribution in [-0.4, -0.2) is 38.2 Å². The second kappa shape index (κ2) is 10.3. The molecular formula is C32H28FN7O2. The Morgan fingerprint density at radius 3 is 2.69 bits per heavy atom. The van der Waals surface area contributed by atoms with Gasteiger partial charge in [-0.2, -0.15) is 5.10 Å². The van der Waals surface area contributed by atoms with Gasteiger partial charge in [0.05, 0.1) is 41.8 Å². The highest BCUT2D eigenvalue weighted by atomic mass is 19.1. The molecule has 7 rings (SSSR count). The van der Waals surface area contributed by atoms with Crippen LogP contribution in [0.25, 0.3) is 50.6 Å². The van der Waals surface area contributed by atoms with Crippen molar-refractivity contribution in [2.24, 2.45) is 11.7 Å². The fourth-order valence-corrected chi connectivity index (χ4v) is 5.16. The summed E-state index contributed by atoms with van der Waals surface area (Å²) in [5.41, 5.74) is 13.3. The smallest absolute Gasteiger partial charge is 0.227 e. The number of rotatable bonds is 7. The lowest BCUT2D eigenvalue weighted by Gasteiger charge is -2.07. The van der Waals surface area contributed by atoms with Crippen molar-refractivity contribution < 1.29 is 13.9 Å². The first-order chi connectivity index (χ1) is 20.5. The number of aromatic amines is 2. The van der Waals surface area contributed by atoms with Gasteiger partial charge in [0.15, 0.2) is 0 Å². The number of H-pyrrole nitrogens is 2. The lowest BCUT2D eigenvalue weighted by atomic mass is 10.0. The first-order valence-electron chi connectivity index (χ1n) is 13.8. The number of nitrogens with zero attached hydrogens (tertiary/aromatic N) is 3.